The van der Waals surface area contributed by atoms with Crippen LogP contribution in [0.2, 0.25) is 0 Å². The maximum atomic E-state index is 14.1. The molecule has 37 heavy (non-hydrogen) atoms. The summed E-state index contributed by atoms with van der Waals surface area (Å²) in [7, 11) is 1.91. The lowest BCUT2D eigenvalue weighted by molar-refractivity contribution is -0.480. The van der Waals surface area contributed by atoms with Crippen molar-refractivity contribution in [3.63, 3.8) is 0 Å². The average Bonchev–Trinajstić information content (AvgIpc) is 3.57. The van der Waals surface area contributed by atoms with E-state index in [1.165, 1.54) is 16.8 Å². The molecular formula is C27H29F3N6O+. The SMILES string of the molecule is C[N+]1=CN=N[C]1[C@@H](c1cccc(-n2cc3c(C(F)(F)F)cc(CN4CCCC4)cn3c2=O)c1)C1CCC1. The average molecular weight is 511 g/mol. The van der Waals surface area contributed by atoms with Gasteiger partial charge in [0.1, 0.15) is 0 Å². The van der Waals surface area contributed by atoms with Crippen molar-refractivity contribution in [1.29, 1.82) is 0 Å². The largest absolute Gasteiger partial charge is 0.418 e. The van der Waals surface area contributed by atoms with Crippen molar-refractivity contribution in [2.45, 2.75) is 50.7 Å². The number of fused-ring (bicyclic) bond motifs is 1. The van der Waals surface area contributed by atoms with Crippen LogP contribution in [0.1, 0.15) is 54.7 Å². The molecular weight excluding hydrogens is 481 g/mol. The smallest absolute Gasteiger partial charge is 0.299 e. The molecule has 0 bridgehead atoms. The van der Waals surface area contributed by atoms with Gasteiger partial charge in [-0.1, -0.05) is 18.6 Å². The maximum absolute atomic E-state index is 14.1. The number of likely N-dealkylation sites (N-methyl/N-ethyl adjacent to an activating group) is 1. The lowest BCUT2D eigenvalue weighted by atomic mass is 9.71. The fourth-order valence-electron chi connectivity index (χ4n) is 5.79. The number of halogens is 3. The van der Waals surface area contributed by atoms with E-state index in [9.17, 15) is 18.0 Å². The highest BCUT2D eigenvalue weighted by atomic mass is 19.4. The van der Waals surface area contributed by atoms with Gasteiger partial charge < -0.3 is 0 Å². The first-order valence-corrected chi connectivity index (χ1v) is 12.8. The van der Waals surface area contributed by atoms with Crippen LogP contribution in [-0.2, 0) is 12.7 Å². The number of alkyl halides is 3. The van der Waals surface area contributed by atoms with Gasteiger partial charge in [0.2, 0.25) is 0 Å². The minimum Gasteiger partial charge on any atom is -0.299 e. The van der Waals surface area contributed by atoms with Crippen LogP contribution in [0.4, 0.5) is 13.2 Å². The maximum Gasteiger partial charge on any atom is 0.418 e. The van der Waals surface area contributed by atoms with Crippen LogP contribution < -0.4 is 5.69 Å². The minimum absolute atomic E-state index is 0.00623. The second-order valence-electron chi connectivity index (χ2n) is 10.3. The monoisotopic (exact) mass is 510 g/mol. The molecule has 1 saturated heterocycles. The first-order valence-electron chi connectivity index (χ1n) is 12.8. The molecule has 1 aromatic carbocycles. The Balaban J connectivity index is 1.43. The van der Waals surface area contributed by atoms with Gasteiger partial charge >= 0.3 is 24.4 Å². The zero-order valence-corrected chi connectivity index (χ0v) is 20.7. The molecule has 0 spiro atoms. The van der Waals surface area contributed by atoms with Gasteiger partial charge in [-0.3, -0.25) is 13.9 Å². The highest BCUT2D eigenvalue weighted by Crippen LogP contribution is 2.46. The molecule has 2 fully saturated rings. The zero-order chi connectivity index (χ0) is 25.7. The Bertz CT molecular complexity index is 1440. The third-order valence-corrected chi connectivity index (χ3v) is 7.89. The van der Waals surface area contributed by atoms with E-state index in [-0.39, 0.29) is 11.4 Å². The Hall–Kier alpha value is -3.27. The number of benzene rings is 1. The Morgan fingerprint density at radius 2 is 1.89 bits per heavy atom. The molecule has 0 amide bonds. The summed E-state index contributed by atoms with van der Waals surface area (Å²) in [4.78, 5) is 15.6. The minimum atomic E-state index is -4.58. The predicted octanol–water partition coefficient (Wildman–Crippen LogP) is 5.21. The van der Waals surface area contributed by atoms with Crippen LogP contribution >= 0.6 is 0 Å². The fraction of sp³-hybridized carbons (Fsp3) is 0.444. The van der Waals surface area contributed by atoms with Gasteiger partial charge in [0.05, 0.1) is 34.8 Å². The third kappa shape index (κ3) is 4.41. The third-order valence-electron chi connectivity index (χ3n) is 7.89. The Morgan fingerprint density at radius 1 is 1.11 bits per heavy atom. The molecule has 6 rings (SSSR count). The molecule has 1 saturated carbocycles. The van der Waals surface area contributed by atoms with Crippen LogP contribution in [0.3, 0.4) is 0 Å². The van der Waals surface area contributed by atoms with E-state index >= 15 is 0 Å². The fourth-order valence-corrected chi connectivity index (χ4v) is 5.79. The number of hydrogen-bond donors (Lipinski definition) is 0. The second kappa shape index (κ2) is 9.24. The van der Waals surface area contributed by atoms with Crippen molar-refractivity contribution >= 4 is 11.9 Å². The molecule has 193 valence electrons. The van der Waals surface area contributed by atoms with Gasteiger partial charge in [-0.2, -0.15) is 13.2 Å². The Kier molecular flexibility index (Phi) is 6.01. The van der Waals surface area contributed by atoms with E-state index in [1.54, 1.807) is 18.6 Å². The van der Waals surface area contributed by atoms with Gasteiger partial charge in [-0.05, 0) is 79.1 Å². The number of hydrogen-bond acceptors (Lipinski definition) is 4. The van der Waals surface area contributed by atoms with Crippen molar-refractivity contribution in [2.75, 3.05) is 20.1 Å². The van der Waals surface area contributed by atoms with Crippen molar-refractivity contribution in [1.82, 2.24) is 13.9 Å². The van der Waals surface area contributed by atoms with Crippen molar-refractivity contribution in [3.8, 4) is 5.69 Å². The second-order valence-corrected chi connectivity index (χ2v) is 10.3. The standard InChI is InChI=1S/C27H29F3N6O/c1-33-17-31-32-25(33)24(19-6-4-7-19)20-8-5-9-21(13-20)35-16-23-22(27(28,29)30)12-18(15-36(23)26(35)37)14-34-10-2-3-11-34/h5,8-9,12-13,15-17,19,24H,2-4,6-7,10-11,14H2,1H3/q+1/t24-/m1/s1. The highest BCUT2D eigenvalue weighted by Gasteiger charge is 2.42. The number of imidazole rings is 1. The first-order chi connectivity index (χ1) is 17.8. The molecule has 0 N–H and O–H groups in total. The number of rotatable bonds is 6. The molecule has 3 aliphatic rings. The van der Waals surface area contributed by atoms with Gasteiger partial charge in [-0.25, -0.2) is 9.37 Å². The number of pyridine rings is 1. The predicted molar refractivity (Wildman–Crippen MR) is 133 cm³/mol. The van der Waals surface area contributed by atoms with Crippen LogP contribution in [-0.4, -0.2) is 44.9 Å². The topological polar surface area (TPSA) is 57.4 Å². The number of azo groups is 1. The normalized spacial score (nSPS) is 20.1. The van der Waals surface area contributed by atoms with Gasteiger partial charge in [0, 0.05) is 18.9 Å². The van der Waals surface area contributed by atoms with Crippen LogP contribution in [0, 0.1) is 12.1 Å². The molecule has 1 radical (unpaired) electrons. The van der Waals surface area contributed by atoms with Crippen molar-refractivity contribution < 1.29 is 17.7 Å². The molecule has 0 unspecified atom stereocenters. The van der Waals surface area contributed by atoms with E-state index in [2.05, 4.69) is 15.1 Å². The zero-order valence-electron chi connectivity index (χ0n) is 20.7. The van der Waals surface area contributed by atoms with Gasteiger partial charge in [0.25, 0.3) is 0 Å². The van der Waals surface area contributed by atoms with E-state index in [0.29, 0.717) is 23.7 Å². The molecule has 3 aromatic rings. The van der Waals surface area contributed by atoms with Gasteiger partial charge in [0.15, 0.2) is 0 Å². The Labute approximate surface area is 212 Å². The van der Waals surface area contributed by atoms with Gasteiger partial charge in [-0.15, -0.1) is 0 Å². The number of likely N-dealkylation sites (tertiary alicyclic amines) is 1. The summed E-state index contributed by atoms with van der Waals surface area (Å²) in [5.74, 6) is 0.416. The summed E-state index contributed by atoms with van der Waals surface area (Å²) in [5, 5.41) is 8.41. The lowest BCUT2D eigenvalue weighted by Crippen LogP contribution is -2.29. The molecule has 2 aromatic heterocycles. The van der Waals surface area contributed by atoms with Crippen molar-refractivity contribution in [2.24, 2.45) is 16.1 Å². The van der Waals surface area contributed by atoms with Crippen LogP contribution in [0.25, 0.3) is 11.2 Å². The molecule has 4 heterocycles. The van der Waals surface area contributed by atoms with E-state index in [4.69, 9.17) is 0 Å². The number of aromatic nitrogens is 2. The van der Waals surface area contributed by atoms with Crippen LogP contribution in [0.5, 0.6) is 0 Å². The number of nitrogens with zero attached hydrogens (tertiary/aromatic N) is 6. The highest BCUT2D eigenvalue weighted by molar-refractivity contribution is 5.58. The quantitative estimate of drug-likeness (QED) is 0.428. The summed E-state index contributed by atoms with van der Waals surface area (Å²) in [6.07, 6.45) is 6.20. The van der Waals surface area contributed by atoms with E-state index < -0.39 is 17.4 Å². The summed E-state index contributed by atoms with van der Waals surface area (Å²) in [5.41, 5.74) is 0.556. The molecule has 10 heteroatoms. The molecule has 2 aliphatic heterocycles. The Morgan fingerprint density at radius 3 is 2.54 bits per heavy atom. The summed E-state index contributed by atoms with van der Waals surface area (Å²) in [6, 6.07) is 8.70. The van der Waals surface area contributed by atoms with Crippen molar-refractivity contribution in [3.05, 3.63) is 76.1 Å². The van der Waals surface area contributed by atoms with E-state index in [0.717, 1.165) is 61.3 Å². The summed E-state index contributed by atoms with van der Waals surface area (Å²) in [6.45, 7) is 2.11. The molecule has 1 atom stereocenters. The summed E-state index contributed by atoms with van der Waals surface area (Å²) < 4.78 is 46.7. The first kappa shape index (κ1) is 24.1. The van der Waals surface area contributed by atoms with E-state index in [1.807, 2.05) is 29.8 Å². The molecule has 7 nitrogen and oxygen atoms in total. The summed E-state index contributed by atoms with van der Waals surface area (Å²) >= 11 is 0. The lowest BCUT2D eigenvalue weighted by Gasteiger charge is -2.34. The van der Waals surface area contributed by atoms with Crippen LogP contribution in [0.15, 0.2) is 57.7 Å². The molecule has 1 aliphatic carbocycles.